The third kappa shape index (κ3) is 2.51. The maximum absolute atomic E-state index is 12.7. The zero-order valence-corrected chi connectivity index (χ0v) is 9.44. The maximum atomic E-state index is 12.7. The summed E-state index contributed by atoms with van der Waals surface area (Å²) >= 11 is 5.14. The molecular weight excluding hydrogens is 197 g/mol. The van der Waals surface area contributed by atoms with Crippen molar-refractivity contribution in [3.8, 4) is 0 Å². The highest BCUT2D eigenvalue weighted by atomic mass is 32.1. The number of thiocarbonyl (C=S) groups is 1. The first-order valence-electron chi connectivity index (χ1n) is 4.57. The van der Waals surface area contributed by atoms with Crippen molar-refractivity contribution in [2.75, 3.05) is 4.90 Å². The number of benzene rings is 1. The zero-order chi connectivity index (χ0) is 10.7. The van der Waals surface area contributed by atoms with Gasteiger partial charge in [-0.1, -0.05) is 12.2 Å². The molecule has 0 aliphatic heterocycles. The first-order valence-corrected chi connectivity index (χ1v) is 4.98. The Morgan fingerprint density at radius 3 is 2.14 bits per heavy atom. The van der Waals surface area contributed by atoms with Gasteiger partial charge in [-0.05, 0) is 45.0 Å². The summed E-state index contributed by atoms with van der Waals surface area (Å²) in [6.07, 6.45) is 0. The highest BCUT2D eigenvalue weighted by Gasteiger charge is 2.11. The lowest BCUT2D eigenvalue weighted by Gasteiger charge is -2.27. The van der Waals surface area contributed by atoms with E-state index in [2.05, 4.69) is 13.8 Å². The average molecular weight is 211 g/mol. The van der Waals surface area contributed by atoms with Gasteiger partial charge in [0.25, 0.3) is 0 Å². The fourth-order valence-corrected chi connectivity index (χ4v) is 1.76. The molecule has 1 rings (SSSR count). The summed E-state index contributed by atoms with van der Waals surface area (Å²) in [6, 6.07) is 6.67. The van der Waals surface area contributed by atoms with Crippen LogP contribution in [0.1, 0.15) is 20.8 Å². The molecule has 1 nitrogen and oxygen atoms in total. The molecule has 1 aromatic rings. The molecule has 0 N–H and O–H groups in total. The van der Waals surface area contributed by atoms with E-state index >= 15 is 0 Å². The van der Waals surface area contributed by atoms with E-state index in [1.165, 1.54) is 12.1 Å². The molecule has 0 fully saturated rings. The van der Waals surface area contributed by atoms with Crippen molar-refractivity contribution >= 4 is 22.9 Å². The van der Waals surface area contributed by atoms with Gasteiger partial charge in [0, 0.05) is 11.7 Å². The number of rotatable bonds is 2. The molecule has 0 saturated carbocycles. The molecule has 0 unspecified atom stereocenters. The number of nitrogens with zero attached hydrogens (tertiary/aromatic N) is 1. The molecule has 0 heterocycles. The van der Waals surface area contributed by atoms with Crippen LogP contribution in [0.2, 0.25) is 0 Å². The van der Waals surface area contributed by atoms with Crippen LogP contribution < -0.4 is 4.90 Å². The van der Waals surface area contributed by atoms with Gasteiger partial charge in [-0.2, -0.15) is 0 Å². The van der Waals surface area contributed by atoms with Crippen molar-refractivity contribution in [3.05, 3.63) is 30.1 Å². The Kier molecular flexibility index (Phi) is 3.58. The molecule has 3 heteroatoms. The molecule has 0 radical (unpaired) electrons. The van der Waals surface area contributed by atoms with Gasteiger partial charge in [0.15, 0.2) is 0 Å². The van der Waals surface area contributed by atoms with Gasteiger partial charge in [0.1, 0.15) is 5.82 Å². The number of halogens is 1. The largest absolute Gasteiger partial charge is 0.334 e. The molecule has 0 amide bonds. The Bertz CT molecular complexity index is 319. The van der Waals surface area contributed by atoms with Crippen LogP contribution in [0.5, 0.6) is 0 Å². The van der Waals surface area contributed by atoms with E-state index in [9.17, 15) is 4.39 Å². The van der Waals surface area contributed by atoms with Crippen LogP contribution in [0.25, 0.3) is 0 Å². The lowest BCUT2D eigenvalue weighted by atomic mass is 10.2. The molecule has 0 saturated heterocycles. The van der Waals surface area contributed by atoms with E-state index in [-0.39, 0.29) is 11.9 Å². The lowest BCUT2D eigenvalue weighted by Crippen LogP contribution is -2.33. The normalized spacial score (nSPS) is 10.4. The molecule has 0 atom stereocenters. The standard InChI is InChI=1S/C11H14FNS/c1-8(2)13(9(3)14)11-6-4-10(12)5-7-11/h4-8H,1-3H3. The Balaban J connectivity index is 3.00. The van der Waals surface area contributed by atoms with E-state index in [0.717, 1.165) is 10.7 Å². The van der Waals surface area contributed by atoms with E-state index in [1.54, 1.807) is 12.1 Å². The molecule has 0 aromatic heterocycles. The quantitative estimate of drug-likeness (QED) is 0.690. The topological polar surface area (TPSA) is 3.24 Å². The molecule has 0 bridgehead atoms. The Morgan fingerprint density at radius 2 is 1.79 bits per heavy atom. The summed E-state index contributed by atoms with van der Waals surface area (Å²) in [5.41, 5.74) is 0.939. The highest BCUT2D eigenvalue weighted by Crippen LogP contribution is 2.18. The zero-order valence-electron chi connectivity index (χ0n) is 8.62. The van der Waals surface area contributed by atoms with Crippen molar-refractivity contribution in [1.82, 2.24) is 0 Å². The van der Waals surface area contributed by atoms with Gasteiger partial charge in [-0.15, -0.1) is 0 Å². The fraction of sp³-hybridized carbons (Fsp3) is 0.364. The SMILES string of the molecule is CC(=S)N(c1ccc(F)cc1)C(C)C. The first-order chi connectivity index (χ1) is 6.52. The molecular formula is C11H14FNS. The molecule has 1 aromatic carbocycles. The minimum Gasteiger partial charge on any atom is -0.334 e. The van der Waals surface area contributed by atoms with Gasteiger partial charge in [-0.25, -0.2) is 4.39 Å². The third-order valence-electron chi connectivity index (χ3n) is 1.96. The maximum Gasteiger partial charge on any atom is 0.123 e. The average Bonchev–Trinajstić information content (AvgIpc) is 2.07. The second-order valence-electron chi connectivity index (χ2n) is 3.46. The van der Waals surface area contributed by atoms with Gasteiger partial charge in [-0.3, -0.25) is 0 Å². The Labute approximate surface area is 89.5 Å². The summed E-state index contributed by atoms with van der Waals surface area (Å²) in [5, 5.41) is 0. The molecule has 0 aliphatic carbocycles. The van der Waals surface area contributed by atoms with Crippen LogP contribution in [0.4, 0.5) is 10.1 Å². The van der Waals surface area contributed by atoms with Crippen molar-refractivity contribution in [3.63, 3.8) is 0 Å². The van der Waals surface area contributed by atoms with Crippen molar-refractivity contribution in [2.24, 2.45) is 0 Å². The minimum absolute atomic E-state index is 0.223. The van der Waals surface area contributed by atoms with Crippen LogP contribution in [0.15, 0.2) is 24.3 Å². The van der Waals surface area contributed by atoms with Gasteiger partial charge in [0.2, 0.25) is 0 Å². The predicted octanol–water partition coefficient (Wildman–Crippen LogP) is 3.39. The monoisotopic (exact) mass is 211 g/mol. The highest BCUT2D eigenvalue weighted by molar-refractivity contribution is 7.80. The second-order valence-corrected chi connectivity index (χ2v) is 4.05. The Morgan fingerprint density at radius 1 is 1.29 bits per heavy atom. The van der Waals surface area contributed by atoms with Crippen LogP contribution in [-0.2, 0) is 0 Å². The van der Waals surface area contributed by atoms with Crippen molar-refractivity contribution in [1.29, 1.82) is 0 Å². The van der Waals surface area contributed by atoms with Crippen LogP contribution in [-0.4, -0.2) is 11.0 Å². The van der Waals surface area contributed by atoms with E-state index in [4.69, 9.17) is 12.2 Å². The molecule has 0 spiro atoms. The second kappa shape index (κ2) is 4.51. The number of hydrogen-bond donors (Lipinski definition) is 0. The van der Waals surface area contributed by atoms with Crippen molar-refractivity contribution < 1.29 is 4.39 Å². The van der Waals surface area contributed by atoms with Crippen LogP contribution >= 0.6 is 12.2 Å². The van der Waals surface area contributed by atoms with Crippen LogP contribution in [0.3, 0.4) is 0 Å². The summed E-state index contributed by atoms with van der Waals surface area (Å²) in [5.74, 6) is -0.223. The van der Waals surface area contributed by atoms with Crippen LogP contribution in [0, 0.1) is 5.82 Å². The molecule has 14 heavy (non-hydrogen) atoms. The fourth-order valence-electron chi connectivity index (χ4n) is 1.45. The molecule has 0 aliphatic rings. The van der Waals surface area contributed by atoms with Gasteiger partial charge < -0.3 is 4.90 Å². The summed E-state index contributed by atoms with van der Waals surface area (Å²) in [4.78, 5) is 2.79. The summed E-state index contributed by atoms with van der Waals surface area (Å²) in [6.45, 7) is 5.98. The third-order valence-corrected chi connectivity index (χ3v) is 2.16. The number of anilines is 1. The van der Waals surface area contributed by atoms with E-state index in [1.807, 2.05) is 11.8 Å². The lowest BCUT2D eigenvalue weighted by molar-refractivity contribution is 0.627. The Hall–Kier alpha value is -0.960. The van der Waals surface area contributed by atoms with Gasteiger partial charge >= 0.3 is 0 Å². The summed E-state index contributed by atoms with van der Waals surface area (Å²) in [7, 11) is 0. The van der Waals surface area contributed by atoms with E-state index < -0.39 is 0 Å². The predicted molar refractivity (Wildman–Crippen MR) is 62.3 cm³/mol. The number of hydrogen-bond acceptors (Lipinski definition) is 1. The molecule has 76 valence electrons. The van der Waals surface area contributed by atoms with Gasteiger partial charge in [0.05, 0.1) is 4.99 Å². The van der Waals surface area contributed by atoms with E-state index in [0.29, 0.717) is 0 Å². The minimum atomic E-state index is -0.223. The summed E-state index contributed by atoms with van der Waals surface area (Å²) < 4.78 is 12.7. The first kappa shape index (κ1) is 11.1. The van der Waals surface area contributed by atoms with Crippen molar-refractivity contribution in [2.45, 2.75) is 26.8 Å². The smallest absolute Gasteiger partial charge is 0.123 e.